The van der Waals surface area contributed by atoms with Gasteiger partial charge in [0.15, 0.2) is 0 Å². The van der Waals surface area contributed by atoms with Gasteiger partial charge in [0.1, 0.15) is 0 Å². The third-order valence-corrected chi connectivity index (χ3v) is 3.54. The molecule has 2 aromatic rings. The van der Waals surface area contributed by atoms with Crippen molar-refractivity contribution >= 4 is 28.9 Å². The highest BCUT2D eigenvalue weighted by atomic mass is 35.5. The molecule has 0 radical (unpaired) electrons. The summed E-state index contributed by atoms with van der Waals surface area (Å²) < 4.78 is 0. The van der Waals surface area contributed by atoms with Crippen LogP contribution in [0.1, 0.15) is 11.1 Å². The highest BCUT2D eigenvalue weighted by molar-refractivity contribution is 6.31. The maximum atomic E-state index is 12.1. The smallest absolute Gasteiger partial charge is 0.231 e. The van der Waals surface area contributed by atoms with Gasteiger partial charge in [0.25, 0.3) is 0 Å². The Morgan fingerprint density at radius 1 is 1.16 bits per heavy atom. The second-order valence-electron chi connectivity index (χ2n) is 4.67. The number of fused-ring (bicyclic) bond motifs is 1. The van der Waals surface area contributed by atoms with Gasteiger partial charge in [0.05, 0.1) is 13.0 Å². The van der Waals surface area contributed by atoms with E-state index >= 15 is 0 Å². The van der Waals surface area contributed by atoms with Crippen molar-refractivity contribution in [1.82, 2.24) is 0 Å². The predicted octanol–water partition coefficient (Wildman–Crippen LogP) is 3.01. The number of carbonyl (C=O) groups excluding carboxylic acids is 1. The van der Waals surface area contributed by atoms with Crippen LogP contribution in [0.15, 0.2) is 42.5 Å². The van der Waals surface area contributed by atoms with E-state index in [4.69, 9.17) is 17.3 Å². The second kappa shape index (κ2) is 4.59. The highest BCUT2D eigenvalue weighted by Crippen LogP contribution is 2.32. The summed E-state index contributed by atoms with van der Waals surface area (Å²) in [5, 5.41) is 0.649. The molecular formula is C15H13ClN2O. The zero-order chi connectivity index (χ0) is 13.4. The molecule has 0 aromatic heterocycles. The lowest BCUT2D eigenvalue weighted by Gasteiger charge is -2.17. The zero-order valence-electron chi connectivity index (χ0n) is 10.3. The molecule has 0 unspecified atom stereocenters. The number of anilines is 2. The minimum Gasteiger partial charge on any atom is -0.399 e. The Labute approximate surface area is 116 Å². The van der Waals surface area contributed by atoms with Crippen molar-refractivity contribution in [1.29, 1.82) is 0 Å². The van der Waals surface area contributed by atoms with Crippen LogP contribution in [-0.2, 0) is 17.8 Å². The van der Waals surface area contributed by atoms with Crippen LogP contribution in [0, 0.1) is 0 Å². The normalized spacial score (nSPS) is 13.7. The van der Waals surface area contributed by atoms with Gasteiger partial charge in [0.2, 0.25) is 5.91 Å². The largest absolute Gasteiger partial charge is 0.399 e. The first-order chi connectivity index (χ1) is 9.13. The van der Waals surface area contributed by atoms with Gasteiger partial charge in [-0.2, -0.15) is 0 Å². The summed E-state index contributed by atoms with van der Waals surface area (Å²) in [7, 11) is 0. The quantitative estimate of drug-likeness (QED) is 0.854. The van der Waals surface area contributed by atoms with Crippen LogP contribution in [0.5, 0.6) is 0 Å². The molecule has 19 heavy (non-hydrogen) atoms. The number of rotatable bonds is 2. The van der Waals surface area contributed by atoms with Crippen LogP contribution in [-0.4, -0.2) is 5.91 Å². The molecule has 1 aliphatic rings. The topological polar surface area (TPSA) is 46.3 Å². The van der Waals surface area contributed by atoms with Crippen LogP contribution in [0.2, 0.25) is 5.02 Å². The van der Waals surface area contributed by atoms with Gasteiger partial charge in [-0.3, -0.25) is 4.79 Å². The van der Waals surface area contributed by atoms with E-state index in [0.717, 1.165) is 22.5 Å². The van der Waals surface area contributed by atoms with Crippen LogP contribution in [0.3, 0.4) is 0 Å². The molecule has 96 valence electrons. The summed E-state index contributed by atoms with van der Waals surface area (Å²) in [5.41, 5.74) is 9.38. The lowest BCUT2D eigenvalue weighted by Crippen LogP contribution is -2.25. The molecule has 1 aliphatic heterocycles. The second-order valence-corrected chi connectivity index (χ2v) is 5.11. The van der Waals surface area contributed by atoms with Crippen molar-refractivity contribution < 1.29 is 4.79 Å². The summed E-state index contributed by atoms with van der Waals surface area (Å²) in [4.78, 5) is 13.8. The monoisotopic (exact) mass is 272 g/mol. The van der Waals surface area contributed by atoms with E-state index in [1.165, 1.54) is 0 Å². The van der Waals surface area contributed by atoms with E-state index in [0.29, 0.717) is 18.0 Å². The molecular weight excluding hydrogens is 260 g/mol. The van der Waals surface area contributed by atoms with Crippen molar-refractivity contribution in [3.05, 3.63) is 58.6 Å². The van der Waals surface area contributed by atoms with Gasteiger partial charge in [-0.25, -0.2) is 0 Å². The molecule has 3 nitrogen and oxygen atoms in total. The average molecular weight is 273 g/mol. The first-order valence-corrected chi connectivity index (χ1v) is 6.44. The molecule has 2 N–H and O–H groups in total. The number of halogens is 1. The third-order valence-electron chi connectivity index (χ3n) is 3.30. The SMILES string of the molecule is Nc1ccc(CN2C(=O)Cc3ccc(Cl)cc32)cc1. The third kappa shape index (κ3) is 2.29. The first-order valence-electron chi connectivity index (χ1n) is 6.07. The first kappa shape index (κ1) is 12.1. The van der Waals surface area contributed by atoms with Gasteiger partial charge < -0.3 is 10.6 Å². The number of carbonyl (C=O) groups is 1. The van der Waals surface area contributed by atoms with E-state index in [2.05, 4.69) is 0 Å². The molecule has 1 amide bonds. The van der Waals surface area contributed by atoms with Gasteiger partial charge in [-0.05, 0) is 35.4 Å². The van der Waals surface area contributed by atoms with E-state index in [-0.39, 0.29) is 5.91 Å². The average Bonchev–Trinajstić information content (AvgIpc) is 2.69. The number of amides is 1. The van der Waals surface area contributed by atoms with Crippen molar-refractivity contribution in [2.75, 3.05) is 10.6 Å². The summed E-state index contributed by atoms with van der Waals surface area (Å²) in [6, 6.07) is 13.1. The Morgan fingerprint density at radius 3 is 2.63 bits per heavy atom. The number of nitrogen functional groups attached to an aromatic ring is 1. The number of hydrogen-bond acceptors (Lipinski definition) is 2. The predicted molar refractivity (Wildman–Crippen MR) is 77.2 cm³/mol. The lowest BCUT2D eigenvalue weighted by molar-refractivity contribution is -0.117. The summed E-state index contributed by atoms with van der Waals surface area (Å²) in [6.07, 6.45) is 0.446. The van der Waals surface area contributed by atoms with E-state index < -0.39 is 0 Å². The van der Waals surface area contributed by atoms with Gasteiger partial charge in [0, 0.05) is 16.4 Å². The van der Waals surface area contributed by atoms with E-state index in [9.17, 15) is 4.79 Å². The molecule has 0 saturated carbocycles. The van der Waals surface area contributed by atoms with Crippen LogP contribution in [0.4, 0.5) is 11.4 Å². The van der Waals surface area contributed by atoms with Crippen LogP contribution in [0.25, 0.3) is 0 Å². The zero-order valence-corrected chi connectivity index (χ0v) is 11.0. The summed E-state index contributed by atoms with van der Waals surface area (Å²) in [6.45, 7) is 0.548. The number of nitrogens with two attached hydrogens (primary N) is 1. The Balaban J connectivity index is 1.91. The molecule has 0 atom stereocenters. The molecule has 0 aliphatic carbocycles. The lowest BCUT2D eigenvalue weighted by atomic mass is 10.1. The minimum atomic E-state index is 0.106. The Bertz CT molecular complexity index is 637. The summed E-state index contributed by atoms with van der Waals surface area (Å²) >= 11 is 6.01. The van der Waals surface area contributed by atoms with Crippen molar-refractivity contribution in [3.63, 3.8) is 0 Å². The number of benzene rings is 2. The van der Waals surface area contributed by atoms with Gasteiger partial charge in [-0.1, -0.05) is 29.8 Å². The fourth-order valence-electron chi connectivity index (χ4n) is 2.31. The Hall–Kier alpha value is -2.00. The number of hydrogen-bond donors (Lipinski definition) is 1. The molecule has 0 saturated heterocycles. The Morgan fingerprint density at radius 2 is 1.89 bits per heavy atom. The molecule has 3 rings (SSSR count). The number of nitrogens with zero attached hydrogens (tertiary/aromatic N) is 1. The van der Waals surface area contributed by atoms with Gasteiger partial charge >= 0.3 is 0 Å². The van der Waals surface area contributed by atoms with Crippen molar-refractivity contribution in [3.8, 4) is 0 Å². The molecule has 0 spiro atoms. The van der Waals surface area contributed by atoms with Crippen LogP contribution < -0.4 is 10.6 Å². The van der Waals surface area contributed by atoms with E-state index in [1.54, 1.807) is 4.90 Å². The van der Waals surface area contributed by atoms with Crippen molar-refractivity contribution in [2.45, 2.75) is 13.0 Å². The minimum absolute atomic E-state index is 0.106. The Kier molecular flexibility index (Phi) is 2.91. The fraction of sp³-hybridized carbons (Fsp3) is 0.133. The van der Waals surface area contributed by atoms with Crippen molar-refractivity contribution in [2.24, 2.45) is 0 Å². The van der Waals surface area contributed by atoms with E-state index in [1.807, 2.05) is 42.5 Å². The maximum Gasteiger partial charge on any atom is 0.231 e. The maximum absolute atomic E-state index is 12.1. The standard InChI is InChI=1S/C15H13ClN2O/c16-12-4-3-11-7-15(19)18(14(11)8-12)9-10-1-5-13(17)6-2-10/h1-6,8H,7,9,17H2. The highest BCUT2D eigenvalue weighted by Gasteiger charge is 2.27. The molecule has 2 aromatic carbocycles. The molecule has 4 heteroatoms. The molecule has 0 bridgehead atoms. The summed E-state index contributed by atoms with van der Waals surface area (Å²) in [5.74, 6) is 0.106. The molecule has 1 heterocycles. The molecule has 0 fully saturated rings. The van der Waals surface area contributed by atoms with Crippen LogP contribution >= 0.6 is 11.6 Å². The van der Waals surface area contributed by atoms with Gasteiger partial charge in [-0.15, -0.1) is 0 Å². The fourth-order valence-corrected chi connectivity index (χ4v) is 2.48.